The van der Waals surface area contributed by atoms with Gasteiger partial charge in [0.15, 0.2) is 0 Å². The van der Waals surface area contributed by atoms with E-state index in [1.54, 1.807) is 6.07 Å². The minimum Gasteiger partial charge on any atom is -0.206 e. The monoisotopic (exact) mass is 316 g/mol. The van der Waals surface area contributed by atoms with Crippen LogP contribution in [0.15, 0.2) is 29.8 Å². The first-order valence-corrected chi connectivity index (χ1v) is 6.23. The summed E-state index contributed by atoms with van der Waals surface area (Å²) in [6, 6.07) is 5.58. The molecule has 1 atom stereocenters. The molecule has 0 radical (unpaired) electrons. The quantitative estimate of drug-likeness (QED) is 0.531. The zero-order chi connectivity index (χ0) is 11.1. The van der Waals surface area contributed by atoms with Gasteiger partial charge in [-0.15, -0.1) is 0 Å². The molecule has 15 heavy (non-hydrogen) atoms. The standard InChI is InChI=1S/C13H14FI/c1-9-5-6-13(2,8-9)10-3-4-12(15)11(14)7-10/h3-4,7-8H,5-6H2,1-2H3/t13-/m1/s1. The fourth-order valence-electron chi connectivity index (χ4n) is 2.22. The molecule has 1 aromatic rings. The Morgan fingerprint density at radius 1 is 1.40 bits per heavy atom. The molecule has 0 heterocycles. The third-order valence-electron chi connectivity index (χ3n) is 3.18. The van der Waals surface area contributed by atoms with Crippen LogP contribution in [0.5, 0.6) is 0 Å². The smallest absolute Gasteiger partial charge is 0.136 e. The van der Waals surface area contributed by atoms with Crippen LogP contribution in [0, 0.1) is 9.39 Å². The molecule has 0 aromatic heterocycles. The first-order valence-electron chi connectivity index (χ1n) is 5.15. The minimum absolute atomic E-state index is 0.0370. The van der Waals surface area contributed by atoms with E-state index < -0.39 is 0 Å². The molecule has 0 bridgehead atoms. The van der Waals surface area contributed by atoms with Crippen molar-refractivity contribution in [3.05, 3.63) is 44.8 Å². The number of halogens is 2. The lowest BCUT2D eigenvalue weighted by atomic mass is 9.82. The predicted molar refractivity (Wildman–Crippen MR) is 69.5 cm³/mol. The molecule has 0 nitrogen and oxygen atoms in total. The van der Waals surface area contributed by atoms with Crippen molar-refractivity contribution < 1.29 is 4.39 Å². The van der Waals surface area contributed by atoms with Crippen LogP contribution in [0.3, 0.4) is 0 Å². The molecule has 80 valence electrons. The first kappa shape index (κ1) is 11.1. The normalized spacial score (nSPS) is 25.5. The van der Waals surface area contributed by atoms with Crippen LogP contribution in [0.4, 0.5) is 4.39 Å². The zero-order valence-corrected chi connectivity index (χ0v) is 11.1. The van der Waals surface area contributed by atoms with Crippen LogP contribution in [-0.4, -0.2) is 0 Å². The summed E-state index contributed by atoms with van der Waals surface area (Å²) in [6.45, 7) is 4.33. The Labute approximate surface area is 104 Å². The SMILES string of the molecule is CC1=C[C@](C)(c2ccc(I)c(F)c2)CC1. The average Bonchev–Trinajstić information content (AvgIpc) is 2.52. The molecule has 2 rings (SSSR count). The lowest BCUT2D eigenvalue weighted by Gasteiger charge is -2.22. The van der Waals surface area contributed by atoms with Gasteiger partial charge in [0.2, 0.25) is 0 Å². The molecule has 0 aliphatic heterocycles. The van der Waals surface area contributed by atoms with Crippen LogP contribution < -0.4 is 0 Å². The van der Waals surface area contributed by atoms with E-state index >= 15 is 0 Å². The Morgan fingerprint density at radius 2 is 2.13 bits per heavy atom. The molecule has 0 N–H and O–H groups in total. The van der Waals surface area contributed by atoms with Crippen molar-refractivity contribution in [1.29, 1.82) is 0 Å². The van der Waals surface area contributed by atoms with E-state index in [0.29, 0.717) is 3.57 Å². The van der Waals surface area contributed by atoms with Gasteiger partial charge in [0.25, 0.3) is 0 Å². The van der Waals surface area contributed by atoms with Gasteiger partial charge >= 0.3 is 0 Å². The van der Waals surface area contributed by atoms with Crippen molar-refractivity contribution in [2.75, 3.05) is 0 Å². The van der Waals surface area contributed by atoms with Crippen molar-refractivity contribution >= 4 is 22.6 Å². The highest BCUT2D eigenvalue weighted by Gasteiger charge is 2.28. The van der Waals surface area contributed by atoms with E-state index in [1.807, 2.05) is 34.7 Å². The first-order chi connectivity index (χ1) is 7.01. The summed E-state index contributed by atoms with van der Waals surface area (Å²) >= 11 is 2.02. The summed E-state index contributed by atoms with van der Waals surface area (Å²) in [6.07, 6.45) is 4.50. The molecule has 2 heteroatoms. The van der Waals surface area contributed by atoms with Gasteiger partial charge in [0.1, 0.15) is 5.82 Å². The maximum Gasteiger partial charge on any atom is 0.136 e. The van der Waals surface area contributed by atoms with E-state index in [2.05, 4.69) is 19.9 Å². The molecular weight excluding hydrogens is 302 g/mol. The Hall–Kier alpha value is -0.380. The van der Waals surface area contributed by atoms with E-state index in [9.17, 15) is 4.39 Å². The van der Waals surface area contributed by atoms with Crippen molar-refractivity contribution in [3.63, 3.8) is 0 Å². The highest BCUT2D eigenvalue weighted by atomic mass is 127. The number of rotatable bonds is 1. The van der Waals surface area contributed by atoms with E-state index in [0.717, 1.165) is 18.4 Å². The van der Waals surface area contributed by atoms with E-state index in [1.165, 1.54) is 5.57 Å². The number of benzene rings is 1. The topological polar surface area (TPSA) is 0 Å². The molecule has 0 spiro atoms. The second-order valence-electron chi connectivity index (χ2n) is 4.54. The van der Waals surface area contributed by atoms with Crippen molar-refractivity contribution in [1.82, 2.24) is 0 Å². The van der Waals surface area contributed by atoms with Gasteiger partial charge in [-0.05, 0) is 60.1 Å². The number of hydrogen-bond donors (Lipinski definition) is 0. The van der Waals surface area contributed by atoms with Gasteiger partial charge in [0, 0.05) is 8.99 Å². The largest absolute Gasteiger partial charge is 0.206 e. The fourth-order valence-corrected chi connectivity index (χ4v) is 2.56. The summed E-state index contributed by atoms with van der Waals surface area (Å²) in [5.41, 5.74) is 2.55. The zero-order valence-electron chi connectivity index (χ0n) is 8.98. The van der Waals surface area contributed by atoms with Crippen LogP contribution in [0.25, 0.3) is 0 Å². The predicted octanol–water partition coefficient (Wildman–Crippen LogP) is 4.43. The van der Waals surface area contributed by atoms with Crippen LogP contribution in [0.1, 0.15) is 32.3 Å². The summed E-state index contributed by atoms with van der Waals surface area (Å²) in [7, 11) is 0. The molecule has 0 saturated carbocycles. The third kappa shape index (κ3) is 2.10. The lowest BCUT2D eigenvalue weighted by Crippen LogP contribution is -2.15. The number of allylic oxidation sites excluding steroid dienone is 2. The van der Waals surface area contributed by atoms with Gasteiger partial charge in [0.05, 0.1) is 0 Å². The molecule has 1 aromatic carbocycles. The third-order valence-corrected chi connectivity index (χ3v) is 4.06. The van der Waals surface area contributed by atoms with Gasteiger partial charge in [-0.1, -0.05) is 24.6 Å². The van der Waals surface area contributed by atoms with Crippen LogP contribution in [0.2, 0.25) is 0 Å². The second kappa shape index (κ2) is 3.89. The summed E-state index contributed by atoms with van der Waals surface area (Å²) in [5, 5.41) is 0. The van der Waals surface area contributed by atoms with Gasteiger partial charge < -0.3 is 0 Å². The highest BCUT2D eigenvalue weighted by Crippen LogP contribution is 2.39. The van der Waals surface area contributed by atoms with Gasteiger partial charge in [-0.2, -0.15) is 0 Å². The van der Waals surface area contributed by atoms with Gasteiger partial charge in [-0.3, -0.25) is 0 Å². The van der Waals surface area contributed by atoms with Crippen molar-refractivity contribution in [2.24, 2.45) is 0 Å². The summed E-state index contributed by atoms with van der Waals surface area (Å²) in [5.74, 6) is -0.104. The van der Waals surface area contributed by atoms with E-state index in [-0.39, 0.29) is 11.2 Å². The van der Waals surface area contributed by atoms with Crippen molar-refractivity contribution in [3.8, 4) is 0 Å². The van der Waals surface area contributed by atoms with Crippen molar-refractivity contribution in [2.45, 2.75) is 32.1 Å². The molecule has 1 aliphatic carbocycles. The van der Waals surface area contributed by atoms with E-state index in [4.69, 9.17) is 0 Å². The molecule has 0 saturated heterocycles. The highest BCUT2D eigenvalue weighted by molar-refractivity contribution is 14.1. The Morgan fingerprint density at radius 3 is 2.67 bits per heavy atom. The van der Waals surface area contributed by atoms with Gasteiger partial charge in [-0.25, -0.2) is 4.39 Å². The molecule has 0 unspecified atom stereocenters. The molecule has 0 amide bonds. The second-order valence-corrected chi connectivity index (χ2v) is 5.70. The molecule has 0 fully saturated rings. The summed E-state index contributed by atoms with van der Waals surface area (Å²) < 4.78 is 14.2. The minimum atomic E-state index is -0.104. The average molecular weight is 316 g/mol. The lowest BCUT2D eigenvalue weighted by molar-refractivity contribution is 0.563. The fraction of sp³-hybridized carbons (Fsp3) is 0.385. The Bertz CT molecular complexity index is 423. The van der Waals surface area contributed by atoms with Crippen LogP contribution >= 0.6 is 22.6 Å². The maximum absolute atomic E-state index is 13.5. The maximum atomic E-state index is 13.5. The molecular formula is C13H14FI. The Kier molecular flexibility index (Phi) is 2.88. The molecule has 1 aliphatic rings. The Balaban J connectivity index is 2.42. The summed E-state index contributed by atoms with van der Waals surface area (Å²) in [4.78, 5) is 0. The van der Waals surface area contributed by atoms with Crippen LogP contribution in [-0.2, 0) is 5.41 Å². The number of hydrogen-bond acceptors (Lipinski definition) is 0.